The minimum atomic E-state index is 0.619. The summed E-state index contributed by atoms with van der Waals surface area (Å²) in [6.45, 7) is 11.6. The third-order valence-corrected chi connectivity index (χ3v) is 3.56. The van der Waals surface area contributed by atoms with E-state index in [2.05, 4.69) is 57.0 Å². The van der Waals surface area contributed by atoms with Crippen molar-refractivity contribution in [3.05, 3.63) is 0 Å². The van der Waals surface area contributed by atoms with Crippen molar-refractivity contribution in [1.82, 2.24) is 15.1 Å². The fraction of sp³-hybridized carbons (Fsp3) is 1.00. The quantitative estimate of drug-likeness (QED) is 0.632. The largest absolute Gasteiger partial charge is 0.315 e. The van der Waals surface area contributed by atoms with E-state index in [1.807, 2.05) is 0 Å². The topological polar surface area (TPSA) is 18.5 Å². The molecule has 0 aliphatic heterocycles. The summed E-state index contributed by atoms with van der Waals surface area (Å²) in [7, 11) is 6.38. The van der Waals surface area contributed by atoms with E-state index in [0.29, 0.717) is 6.04 Å². The molecule has 0 heterocycles. The Morgan fingerprint density at radius 2 is 1.71 bits per heavy atom. The van der Waals surface area contributed by atoms with Crippen molar-refractivity contribution in [1.29, 1.82) is 0 Å². The molecule has 0 aromatic carbocycles. The van der Waals surface area contributed by atoms with Crippen LogP contribution >= 0.6 is 0 Å². The summed E-state index contributed by atoms with van der Waals surface area (Å²) in [5, 5.41) is 3.47. The highest BCUT2D eigenvalue weighted by molar-refractivity contribution is 4.75. The van der Waals surface area contributed by atoms with Gasteiger partial charge in [0.2, 0.25) is 0 Å². The van der Waals surface area contributed by atoms with Gasteiger partial charge in [0.15, 0.2) is 0 Å². The summed E-state index contributed by atoms with van der Waals surface area (Å²) in [4.78, 5) is 4.85. The van der Waals surface area contributed by atoms with Crippen LogP contribution in [0.3, 0.4) is 0 Å². The van der Waals surface area contributed by atoms with Gasteiger partial charge in [-0.15, -0.1) is 0 Å². The Kier molecular flexibility index (Phi) is 9.79. The molecule has 104 valence electrons. The number of hydrogen-bond acceptors (Lipinski definition) is 3. The highest BCUT2D eigenvalue weighted by atomic mass is 15.2. The van der Waals surface area contributed by atoms with Crippen molar-refractivity contribution in [2.45, 2.75) is 39.7 Å². The van der Waals surface area contributed by atoms with E-state index < -0.39 is 0 Å². The number of rotatable bonds is 10. The molecule has 17 heavy (non-hydrogen) atoms. The van der Waals surface area contributed by atoms with E-state index in [-0.39, 0.29) is 0 Å². The Hall–Kier alpha value is -0.120. The van der Waals surface area contributed by atoms with Crippen LogP contribution in [0.2, 0.25) is 0 Å². The van der Waals surface area contributed by atoms with Crippen LogP contribution in [0.4, 0.5) is 0 Å². The third-order valence-electron chi connectivity index (χ3n) is 3.56. The fourth-order valence-corrected chi connectivity index (χ4v) is 2.07. The van der Waals surface area contributed by atoms with Gasteiger partial charge in [-0.05, 0) is 40.0 Å². The van der Waals surface area contributed by atoms with Crippen LogP contribution in [0.1, 0.15) is 33.6 Å². The normalized spacial score (nSPS) is 15.5. The average Bonchev–Trinajstić information content (AvgIpc) is 2.31. The van der Waals surface area contributed by atoms with Crippen LogP contribution in [-0.2, 0) is 0 Å². The summed E-state index contributed by atoms with van der Waals surface area (Å²) in [5.74, 6) is 0.749. The minimum Gasteiger partial charge on any atom is -0.315 e. The molecule has 0 aromatic rings. The molecule has 0 radical (unpaired) electrons. The lowest BCUT2D eigenvalue weighted by Gasteiger charge is -2.31. The fourth-order valence-electron chi connectivity index (χ4n) is 2.07. The minimum absolute atomic E-state index is 0.619. The van der Waals surface area contributed by atoms with Crippen molar-refractivity contribution < 1.29 is 0 Å². The lowest BCUT2D eigenvalue weighted by Crippen LogP contribution is -2.45. The average molecular weight is 243 g/mol. The molecule has 3 heteroatoms. The standard InChI is InChI=1S/C14H33N3/c1-7-9-17(11-10-16(5)6)12-14(15-4)13(3)8-2/h13-15H,7-12H2,1-6H3. The summed E-state index contributed by atoms with van der Waals surface area (Å²) in [6, 6.07) is 0.619. The van der Waals surface area contributed by atoms with Gasteiger partial charge < -0.3 is 15.1 Å². The van der Waals surface area contributed by atoms with Crippen LogP contribution in [0.15, 0.2) is 0 Å². The Labute approximate surface area is 109 Å². The van der Waals surface area contributed by atoms with Gasteiger partial charge in [-0.25, -0.2) is 0 Å². The van der Waals surface area contributed by atoms with Crippen LogP contribution in [0.25, 0.3) is 0 Å². The van der Waals surface area contributed by atoms with Crippen LogP contribution in [0.5, 0.6) is 0 Å². The summed E-state index contributed by atoms with van der Waals surface area (Å²) < 4.78 is 0. The molecule has 0 bridgehead atoms. The molecule has 3 nitrogen and oxygen atoms in total. The van der Waals surface area contributed by atoms with Gasteiger partial charge in [-0.2, -0.15) is 0 Å². The molecule has 1 N–H and O–H groups in total. The lowest BCUT2D eigenvalue weighted by atomic mass is 9.99. The maximum Gasteiger partial charge on any atom is 0.0217 e. The number of nitrogens with zero attached hydrogens (tertiary/aromatic N) is 2. The molecule has 0 amide bonds. The molecule has 2 unspecified atom stereocenters. The van der Waals surface area contributed by atoms with Crippen molar-refractivity contribution >= 4 is 0 Å². The highest BCUT2D eigenvalue weighted by Gasteiger charge is 2.17. The summed E-state index contributed by atoms with van der Waals surface area (Å²) in [5.41, 5.74) is 0. The zero-order chi connectivity index (χ0) is 13.3. The molecule has 0 spiro atoms. The van der Waals surface area contributed by atoms with Crippen molar-refractivity contribution in [3.8, 4) is 0 Å². The van der Waals surface area contributed by atoms with E-state index in [1.54, 1.807) is 0 Å². The predicted molar refractivity (Wildman–Crippen MR) is 77.6 cm³/mol. The van der Waals surface area contributed by atoms with Crippen molar-refractivity contribution in [3.63, 3.8) is 0 Å². The first-order chi connectivity index (χ1) is 8.04. The maximum atomic E-state index is 3.47. The molecular weight excluding hydrogens is 210 g/mol. The van der Waals surface area contributed by atoms with E-state index >= 15 is 0 Å². The predicted octanol–water partition coefficient (Wildman–Crippen LogP) is 1.89. The van der Waals surface area contributed by atoms with Gasteiger partial charge in [0.25, 0.3) is 0 Å². The van der Waals surface area contributed by atoms with Gasteiger partial charge in [-0.3, -0.25) is 0 Å². The van der Waals surface area contributed by atoms with Crippen LogP contribution in [-0.4, -0.2) is 63.2 Å². The Morgan fingerprint density at radius 1 is 1.06 bits per heavy atom. The maximum absolute atomic E-state index is 3.47. The zero-order valence-corrected chi connectivity index (χ0v) is 12.8. The molecule has 0 saturated carbocycles. The Bertz CT molecular complexity index is 171. The van der Waals surface area contributed by atoms with E-state index in [1.165, 1.54) is 32.5 Å². The molecule has 2 atom stereocenters. The SMILES string of the molecule is CCCN(CCN(C)C)CC(NC)C(C)CC. The molecule has 0 aliphatic carbocycles. The zero-order valence-electron chi connectivity index (χ0n) is 12.8. The van der Waals surface area contributed by atoms with Gasteiger partial charge in [0.05, 0.1) is 0 Å². The van der Waals surface area contributed by atoms with Gasteiger partial charge in [-0.1, -0.05) is 27.2 Å². The first-order valence-corrected chi connectivity index (χ1v) is 7.09. The van der Waals surface area contributed by atoms with E-state index in [0.717, 1.165) is 12.5 Å². The molecule has 0 saturated heterocycles. The second-order valence-electron chi connectivity index (χ2n) is 5.38. The molecule has 0 fully saturated rings. The van der Waals surface area contributed by atoms with Crippen molar-refractivity contribution in [2.24, 2.45) is 5.92 Å². The summed E-state index contributed by atoms with van der Waals surface area (Å²) >= 11 is 0. The summed E-state index contributed by atoms with van der Waals surface area (Å²) in [6.07, 6.45) is 2.49. The van der Waals surface area contributed by atoms with E-state index in [9.17, 15) is 0 Å². The van der Waals surface area contributed by atoms with Gasteiger partial charge >= 0.3 is 0 Å². The molecular formula is C14H33N3. The number of likely N-dealkylation sites (N-methyl/N-ethyl adjacent to an activating group) is 2. The van der Waals surface area contributed by atoms with E-state index in [4.69, 9.17) is 0 Å². The molecule has 0 rings (SSSR count). The smallest absolute Gasteiger partial charge is 0.0217 e. The Balaban J connectivity index is 4.19. The highest BCUT2D eigenvalue weighted by Crippen LogP contribution is 2.09. The number of hydrogen-bond donors (Lipinski definition) is 1. The second-order valence-corrected chi connectivity index (χ2v) is 5.38. The first-order valence-electron chi connectivity index (χ1n) is 7.09. The second kappa shape index (κ2) is 9.86. The van der Waals surface area contributed by atoms with Gasteiger partial charge in [0, 0.05) is 25.7 Å². The molecule has 0 aliphatic rings. The molecule has 0 aromatic heterocycles. The Morgan fingerprint density at radius 3 is 2.12 bits per heavy atom. The number of nitrogens with one attached hydrogen (secondary N) is 1. The van der Waals surface area contributed by atoms with Crippen LogP contribution < -0.4 is 5.32 Å². The van der Waals surface area contributed by atoms with Gasteiger partial charge in [0.1, 0.15) is 0 Å². The van der Waals surface area contributed by atoms with Crippen molar-refractivity contribution in [2.75, 3.05) is 47.3 Å². The monoisotopic (exact) mass is 243 g/mol. The van der Waals surface area contributed by atoms with Crippen LogP contribution in [0, 0.1) is 5.92 Å². The lowest BCUT2D eigenvalue weighted by molar-refractivity contribution is 0.198. The third kappa shape index (κ3) is 7.74. The first kappa shape index (κ1) is 16.9.